The maximum atomic E-state index is 13.3. The number of piperidine rings is 1. The zero-order valence-electron chi connectivity index (χ0n) is 16.2. The highest BCUT2D eigenvalue weighted by Crippen LogP contribution is 2.35. The molecule has 2 aromatic carbocycles. The highest BCUT2D eigenvalue weighted by molar-refractivity contribution is 7.18. The summed E-state index contributed by atoms with van der Waals surface area (Å²) in [5, 5.41) is 5.34. The Hall–Kier alpha value is -2.99. The number of likely N-dealkylation sites (tertiary alicyclic amines) is 1. The van der Waals surface area contributed by atoms with E-state index in [9.17, 15) is 4.79 Å². The molecule has 0 bridgehead atoms. The minimum absolute atomic E-state index is 0.00496. The van der Waals surface area contributed by atoms with E-state index in [1.54, 1.807) is 18.3 Å². The predicted molar refractivity (Wildman–Crippen MR) is 114 cm³/mol. The molecule has 0 spiro atoms. The average Bonchev–Trinajstić information content (AvgIpc) is 3.37. The number of para-hydroxylation sites is 1. The molecule has 1 aliphatic rings. The van der Waals surface area contributed by atoms with Crippen LogP contribution in [-0.4, -0.2) is 34.0 Å². The molecule has 0 aliphatic carbocycles. The van der Waals surface area contributed by atoms with Gasteiger partial charge in [-0.05, 0) is 31.9 Å². The number of fused-ring (bicyclic) bond motifs is 1. The van der Waals surface area contributed by atoms with Crippen LogP contribution in [0.5, 0.6) is 0 Å². The van der Waals surface area contributed by atoms with Crippen LogP contribution in [0.1, 0.15) is 39.9 Å². The molecule has 3 heterocycles. The summed E-state index contributed by atoms with van der Waals surface area (Å²) in [5.41, 5.74) is 3.17. The zero-order valence-corrected chi connectivity index (χ0v) is 17.0. The fraction of sp³-hybridized carbons (Fsp3) is 0.261. The van der Waals surface area contributed by atoms with E-state index in [4.69, 9.17) is 9.51 Å². The maximum Gasteiger partial charge on any atom is 0.259 e. The second-order valence-corrected chi connectivity index (χ2v) is 8.48. The third kappa shape index (κ3) is 3.34. The van der Waals surface area contributed by atoms with Crippen LogP contribution in [0, 0.1) is 6.92 Å². The molecule has 0 saturated carbocycles. The van der Waals surface area contributed by atoms with E-state index in [1.165, 1.54) is 9.71 Å². The van der Waals surface area contributed by atoms with Crippen LogP contribution in [0.25, 0.3) is 21.5 Å². The molecule has 2 aromatic heterocycles. The first kappa shape index (κ1) is 18.1. The van der Waals surface area contributed by atoms with Gasteiger partial charge >= 0.3 is 0 Å². The molecule has 5 nitrogen and oxygen atoms in total. The van der Waals surface area contributed by atoms with Crippen LogP contribution in [0.15, 0.2) is 59.1 Å². The van der Waals surface area contributed by atoms with Gasteiger partial charge in [-0.15, -0.1) is 11.3 Å². The summed E-state index contributed by atoms with van der Waals surface area (Å²) in [5.74, 6) is 0.987. The van der Waals surface area contributed by atoms with E-state index in [2.05, 4.69) is 23.4 Å². The van der Waals surface area contributed by atoms with Crippen molar-refractivity contribution in [2.24, 2.45) is 0 Å². The molecule has 1 amide bonds. The zero-order chi connectivity index (χ0) is 19.8. The Morgan fingerprint density at radius 1 is 1.07 bits per heavy atom. The summed E-state index contributed by atoms with van der Waals surface area (Å²) in [6, 6.07) is 18.0. The minimum atomic E-state index is 0.00496. The summed E-state index contributed by atoms with van der Waals surface area (Å²) < 4.78 is 6.61. The van der Waals surface area contributed by atoms with Gasteiger partial charge < -0.3 is 9.42 Å². The number of thiazole rings is 1. The smallest absolute Gasteiger partial charge is 0.259 e. The number of hydrogen-bond acceptors (Lipinski definition) is 5. The monoisotopic (exact) mass is 403 g/mol. The van der Waals surface area contributed by atoms with Crippen molar-refractivity contribution < 1.29 is 9.32 Å². The van der Waals surface area contributed by atoms with E-state index in [1.807, 2.05) is 41.3 Å². The van der Waals surface area contributed by atoms with Crippen molar-refractivity contribution in [2.45, 2.75) is 25.7 Å². The molecule has 1 aliphatic heterocycles. The lowest BCUT2D eigenvalue weighted by Crippen LogP contribution is -2.38. The van der Waals surface area contributed by atoms with Gasteiger partial charge in [0.05, 0.1) is 15.2 Å². The molecule has 146 valence electrons. The summed E-state index contributed by atoms with van der Waals surface area (Å²) in [7, 11) is 0. The molecule has 29 heavy (non-hydrogen) atoms. The molecule has 5 rings (SSSR count). The molecule has 0 atom stereocenters. The van der Waals surface area contributed by atoms with Gasteiger partial charge in [-0.1, -0.05) is 47.6 Å². The highest BCUT2D eigenvalue weighted by Gasteiger charge is 2.30. The molecular formula is C23H21N3O2S. The van der Waals surface area contributed by atoms with Crippen molar-refractivity contribution in [1.82, 2.24) is 15.0 Å². The summed E-state index contributed by atoms with van der Waals surface area (Å²) >= 11 is 1.77. The Balaban J connectivity index is 1.34. The number of amides is 1. The Bertz CT molecular complexity index is 1120. The third-order valence-corrected chi connectivity index (χ3v) is 6.76. The van der Waals surface area contributed by atoms with Crippen LogP contribution >= 0.6 is 11.3 Å². The van der Waals surface area contributed by atoms with E-state index < -0.39 is 0 Å². The molecule has 1 fully saturated rings. The van der Waals surface area contributed by atoms with Crippen molar-refractivity contribution in [3.05, 3.63) is 70.9 Å². The third-order valence-electron chi connectivity index (χ3n) is 5.57. The van der Waals surface area contributed by atoms with Crippen molar-refractivity contribution in [3.63, 3.8) is 0 Å². The Labute approximate surface area is 173 Å². The highest BCUT2D eigenvalue weighted by atomic mass is 32.1. The molecular weight excluding hydrogens is 382 g/mol. The van der Waals surface area contributed by atoms with Crippen molar-refractivity contribution >= 4 is 27.5 Å². The van der Waals surface area contributed by atoms with Gasteiger partial charge in [-0.2, -0.15) is 0 Å². The normalized spacial score (nSPS) is 15.1. The first-order valence-electron chi connectivity index (χ1n) is 9.87. The van der Waals surface area contributed by atoms with Gasteiger partial charge in [-0.25, -0.2) is 4.98 Å². The molecule has 0 radical (unpaired) electrons. The average molecular weight is 404 g/mol. The lowest BCUT2D eigenvalue weighted by atomic mass is 9.96. The van der Waals surface area contributed by atoms with Crippen molar-refractivity contribution in [3.8, 4) is 11.3 Å². The number of carbonyl (C=O) groups excluding carboxylic acids is 1. The van der Waals surface area contributed by atoms with Gasteiger partial charge in [0.1, 0.15) is 17.0 Å². The summed E-state index contributed by atoms with van der Waals surface area (Å²) in [4.78, 5) is 20.0. The van der Waals surface area contributed by atoms with Crippen LogP contribution in [0.4, 0.5) is 0 Å². The number of nitrogens with zero attached hydrogens (tertiary/aromatic N) is 3. The first-order chi connectivity index (χ1) is 14.2. The Kier molecular flexibility index (Phi) is 4.64. The predicted octanol–water partition coefficient (Wildman–Crippen LogP) is 5.28. The number of rotatable bonds is 3. The SMILES string of the molecule is Cc1onc(-c2ccccc2)c1C(=O)N1CCC(c2nc3ccccc3s2)CC1. The van der Waals surface area contributed by atoms with Crippen LogP contribution in [0.2, 0.25) is 0 Å². The Morgan fingerprint density at radius 3 is 2.55 bits per heavy atom. The number of carbonyl (C=O) groups is 1. The van der Waals surface area contributed by atoms with Gasteiger partial charge in [0.15, 0.2) is 0 Å². The molecule has 1 saturated heterocycles. The molecule has 4 aromatic rings. The molecule has 0 N–H and O–H groups in total. The largest absolute Gasteiger partial charge is 0.360 e. The van der Waals surface area contributed by atoms with Gasteiger partial charge in [0.2, 0.25) is 0 Å². The van der Waals surface area contributed by atoms with Gasteiger partial charge in [0, 0.05) is 24.6 Å². The topological polar surface area (TPSA) is 59.2 Å². The van der Waals surface area contributed by atoms with E-state index in [-0.39, 0.29) is 5.91 Å². The molecule has 0 unspecified atom stereocenters. The number of hydrogen-bond donors (Lipinski definition) is 0. The number of aromatic nitrogens is 2. The lowest BCUT2D eigenvalue weighted by molar-refractivity contribution is 0.0712. The minimum Gasteiger partial charge on any atom is -0.360 e. The fourth-order valence-electron chi connectivity index (χ4n) is 3.97. The molecule has 6 heteroatoms. The van der Waals surface area contributed by atoms with Gasteiger partial charge in [-0.3, -0.25) is 4.79 Å². The van der Waals surface area contributed by atoms with E-state index >= 15 is 0 Å². The Morgan fingerprint density at radius 2 is 1.79 bits per heavy atom. The second kappa shape index (κ2) is 7.44. The van der Waals surface area contributed by atoms with Crippen molar-refractivity contribution in [2.75, 3.05) is 13.1 Å². The van der Waals surface area contributed by atoms with Crippen LogP contribution in [0.3, 0.4) is 0 Å². The maximum absolute atomic E-state index is 13.3. The second-order valence-electron chi connectivity index (χ2n) is 7.41. The van der Waals surface area contributed by atoms with Gasteiger partial charge in [0.25, 0.3) is 5.91 Å². The van der Waals surface area contributed by atoms with E-state index in [0.29, 0.717) is 22.9 Å². The lowest BCUT2D eigenvalue weighted by Gasteiger charge is -2.31. The van der Waals surface area contributed by atoms with Crippen LogP contribution in [-0.2, 0) is 0 Å². The number of aryl methyl sites for hydroxylation is 1. The number of benzene rings is 2. The summed E-state index contributed by atoms with van der Waals surface area (Å²) in [6.45, 7) is 3.25. The summed E-state index contributed by atoms with van der Waals surface area (Å²) in [6.07, 6.45) is 1.85. The van der Waals surface area contributed by atoms with Crippen LogP contribution < -0.4 is 0 Å². The standard InChI is InChI=1S/C23H21N3O2S/c1-15-20(21(25-28-15)16-7-3-2-4-8-16)23(27)26-13-11-17(12-14-26)22-24-18-9-5-6-10-19(18)29-22/h2-10,17H,11-14H2,1H3. The first-order valence-corrected chi connectivity index (χ1v) is 10.7. The fourth-order valence-corrected chi connectivity index (χ4v) is 5.11. The van der Waals surface area contributed by atoms with E-state index in [0.717, 1.165) is 37.0 Å². The quantitative estimate of drug-likeness (QED) is 0.467. The van der Waals surface area contributed by atoms with Crippen molar-refractivity contribution in [1.29, 1.82) is 0 Å².